The highest BCUT2D eigenvalue weighted by atomic mass is 16.3. The van der Waals surface area contributed by atoms with Crippen LogP contribution in [0.4, 0.5) is 17.3 Å². The van der Waals surface area contributed by atoms with Gasteiger partial charge in [0.15, 0.2) is 11.6 Å². The first kappa shape index (κ1) is 20.6. The molecule has 2 aliphatic heterocycles. The predicted octanol–water partition coefficient (Wildman–Crippen LogP) is 3.90. The zero-order valence-corrected chi connectivity index (χ0v) is 19.0. The van der Waals surface area contributed by atoms with E-state index >= 15 is 0 Å². The van der Waals surface area contributed by atoms with Crippen LogP contribution in [0.15, 0.2) is 54.7 Å². The summed E-state index contributed by atoms with van der Waals surface area (Å²) in [7, 11) is 0. The Kier molecular flexibility index (Phi) is 5.07. The molecule has 1 spiro atoms. The minimum atomic E-state index is -0.113. The molecule has 1 saturated heterocycles. The number of aryl methyl sites for hydroxylation is 1. The van der Waals surface area contributed by atoms with Crippen molar-refractivity contribution in [2.45, 2.75) is 44.8 Å². The molecular formula is C27H31N5O. The van der Waals surface area contributed by atoms with Crippen LogP contribution < -0.4 is 15.5 Å². The number of fused-ring (bicyclic) bond motifs is 2. The third-order valence-corrected chi connectivity index (χ3v) is 8.00. The van der Waals surface area contributed by atoms with E-state index in [9.17, 15) is 5.11 Å². The lowest BCUT2D eigenvalue weighted by molar-refractivity contribution is 0.186. The summed E-state index contributed by atoms with van der Waals surface area (Å²) >= 11 is 0. The lowest BCUT2D eigenvalue weighted by Crippen LogP contribution is -2.45. The normalized spacial score (nSPS) is 21.2. The second-order valence-electron chi connectivity index (χ2n) is 9.74. The number of para-hydroxylation sites is 1. The Morgan fingerprint density at radius 1 is 1.00 bits per heavy atom. The summed E-state index contributed by atoms with van der Waals surface area (Å²) in [5, 5.41) is 10.2. The Morgan fingerprint density at radius 3 is 2.55 bits per heavy atom. The highest BCUT2D eigenvalue weighted by molar-refractivity contribution is 5.66. The third-order valence-electron chi connectivity index (χ3n) is 8.00. The molecule has 0 radical (unpaired) electrons. The number of nitrogens with two attached hydrogens (primary N) is 1. The van der Waals surface area contributed by atoms with Gasteiger partial charge in [0.2, 0.25) is 0 Å². The first-order chi connectivity index (χ1) is 16.2. The summed E-state index contributed by atoms with van der Waals surface area (Å²) in [5.41, 5.74) is 12.8. The van der Waals surface area contributed by atoms with E-state index in [-0.39, 0.29) is 18.1 Å². The molecule has 1 aromatic heterocycles. The van der Waals surface area contributed by atoms with Gasteiger partial charge < -0.3 is 20.6 Å². The van der Waals surface area contributed by atoms with Gasteiger partial charge in [-0.25, -0.2) is 9.97 Å². The highest BCUT2D eigenvalue weighted by Gasteiger charge is 2.46. The molecule has 0 amide bonds. The molecule has 3 aliphatic rings. The van der Waals surface area contributed by atoms with Crippen LogP contribution in [0.2, 0.25) is 0 Å². The smallest absolute Gasteiger partial charge is 0.152 e. The van der Waals surface area contributed by atoms with E-state index in [2.05, 4.69) is 58.3 Å². The van der Waals surface area contributed by atoms with E-state index in [1.165, 1.54) is 22.4 Å². The van der Waals surface area contributed by atoms with E-state index in [0.717, 1.165) is 63.4 Å². The number of benzene rings is 2. The summed E-state index contributed by atoms with van der Waals surface area (Å²) in [6.45, 7) is 2.57. The van der Waals surface area contributed by atoms with Crippen molar-refractivity contribution in [2.75, 3.05) is 29.4 Å². The van der Waals surface area contributed by atoms with E-state index < -0.39 is 0 Å². The van der Waals surface area contributed by atoms with Gasteiger partial charge in [-0.2, -0.15) is 0 Å². The maximum atomic E-state index is 10.2. The number of aliphatic hydroxyl groups excluding tert-OH is 1. The third kappa shape index (κ3) is 3.40. The van der Waals surface area contributed by atoms with Crippen LogP contribution in [0.3, 0.4) is 0 Å². The summed E-state index contributed by atoms with van der Waals surface area (Å²) in [6.07, 6.45) is 7.16. The van der Waals surface area contributed by atoms with Gasteiger partial charge >= 0.3 is 0 Å². The maximum Gasteiger partial charge on any atom is 0.152 e. The molecule has 33 heavy (non-hydrogen) atoms. The van der Waals surface area contributed by atoms with Crippen LogP contribution in [-0.4, -0.2) is 34.7 Å². The topological polar surface area (TPSA) is 78.5 Å². The van der Waals surface area contributed by atoms with Gasteiger partial charge in [0.25, 0.3) is 0 Å². The van der Waals surface area contributed by atoms with Crippen molar-refractivity contribution in [1.29, 1.82) is 0 Å². The van der Waals surface area contributed by atoms with Gasteiger partial charge in [-0.3, -0.25) is 0 Å². The van der Waals surface area contributed by atoms with Crippen molar-refractivity contribution >= 4 is 17.3 Å². The SMILES string of the molecule is N[C@@H]1c2ccccc2CC12CCN(c1ncc(N3CCCc4ccccc43)nc1CO)CC2. The van der Waals surface area contributed by atoms with E-state index in [1.807, 2.05) is 6.20 Å². The molecule has 2 aromatic carbocycles. The molecule has 3 N–H and O–H groups in total. The molecule has 6 rings (SSSR count). The number of rotatable bonds is 3. The van der Waals surface area contributed by atoms with Crippen molar-refractivity contribution in [2.24, 2.45) is 11.1 Å². The molecule has 3 heterocycles. The van der Waals surface area contributed by atoms with Gasteiger partial charge in [-0.05, 0) is 60.3 Å². The van der Waals surface area contributed by atoms with Gasteiger partial charge in [0, 0.05) is 31.4 Å². The lowest BCUT2D eigenvalue weighted by Gasteiger charge is -2.43. The molecule has 6 heteroatoms. The summed E-state index contributed by atoms with van der Waals surface area (Å²) in [4.78, 5) is 14.2. The van der Waals surface area contributed by atoms with Gasteiger partial charge in [0.1, 0.15) is 5.69 Å². The van der Waals surface area contributed by atoms with Crippen LogP contribution in [0.1, 0.15) is 47.7 Å². The predicted molar refractivity (Wildman–Crippen MR) is 131 cm³/mol. The fraction of sp³-hybridized carbons (Fsp3) is 0.407. The quantitative estimate of drug-likeness (QED) is 0.642. The van der Waals surface area contributed by atoms with E-state index in [1.54, 1.807) is 0 Å². The second-order valence-corrected chi connectivity index (χ2v) is 9.74. The minimum absolute atomic E-state index is 0.0980. The highest BCUT2D eigenvalue weighted by Crippen LogP contribution is 2.51. The molecule has 1 fully saturated rings. The number of hydrogen-bond acceptors (Lipinski definition) is 6. The van der Waals surface area contributed by atoms with Crippen LogP contribution in [-0.2, 0) is 19.4 Å². The Labute approximate surface area is 195 Å². The molecule has 1 aliphatic carbocycles. The Hall–Kier alpha value is -2.96. The first-order valence-corrected chi connectivity index (χ1v) is 12.1. The van der Waals surface area contributed by atoms with Gasteiger partial charge in [0.05, 0.1) is 12.8 Å². The van der Waals surface area contributed by atoms with Crippen LogP contribution in [0.25, 0.3) is 0 Å². The molecule has 0 saturated carbocycles. The minimum Gasteiger partial charge on any atom is -0.390 e. The number of hydrogen-bond donors (Lipinski definition) is 2. The van der Waals surface area contributed by atoms with Crippen molar-refractivity contribution in [3.63, 3.8) is 0 Å². The average molecular weight is 442 g/mol. The van der Waals surface area contributed by atoms with E-state index in [4.69, 9.17) is 15.7 Å². The van der Waals surface area contributed by atoms with Crippen molar-refractivity contribution in [3.05, 3.63) is 77.1 Å². The Bertz CT molecular complexity index is 1170. The van der Waals surface area contributed by atoms with E-state index in [0.29, 0.717) is 5.69 Å². The average Bonchev–Trinajstić information content (AvgIpc) is 3.15. The summed E-state index contributed by atoms with van der Waals surface area (Å²) < 4.78 is 0. The summed E-state index contributed by atoms with van der Waals surface area (Å²) in [6, 6.07) is 17.2. The number of aromatic nitrogens is 2. The zero-order valence-electron chi connectivity index (χ0n) is 19.0. The van der Waals surface area contributed by atoms with Gasteiger partial charge in [-0.15, -0.1) is 0 Å². The standard InChI is InChI=1S/C27H31N5O/c28-25-21-9-3-1-7-20(21)16-27(25)11-14-31(15-12-27)26-22(18-33)30-24(17-29-26)32-13-5-8-19-6-2-4-10-23(19)32/h1-4,6-7,9-10,17,25,33H,5,8,11-16,18,28H2/t25-/m1/s1. The second kappa shape index (κ2) is 8.12. The summed E-state index contributed by atoms with van der Waals surface area (Å²) in [5.74, 6) is 1.63. The zero-order chi connectivity index (χ0) is 22.4. The number of anilines is 3. The molecule has 170 valence electrons. The van der Waals surface area contributed by atoms with Gasteiger partial charge in [-0.1, -0.05) is 42.5 Å². The molecule has 0 unspecified atom stereocenters. The van der Waals surface area contributed by atoms with Crippen LogP contribution in [0.5, 0.6) is 0 Å². The molecule has 3 aromatic rings. The number of piperidine rings is 1. The van der Waals surface area contributed by atoms with Crippen molar-refractivity contribution in [1.82, 2.24) is 9.97 Å². The molecular weight excluding hydrogens is 410 g/mol. The number of nitrogens with zero attached hydrogens (tertiary/aromatic N) is 4. The first-order valence-electron chi connectivity index (χ1n) is 12.1. The van der Waals surface area contributed by atoms with Crippen LogP contribution >= 0.6 is 0 Å². The monoisotopic (exact) mass is 441 g/mol. The lowest BCUT2D eigenvalue weighted by atomic mass is 9.73. The Balaban J connectivity index is 1.23. The Morgan fingerprint density at radius 2 is 1.76 bits per heavy atom. The fourth-order valence-electron chi connectivity index (χ4n) is 6.15. The molecule has 0 bridgehead atoms. The van der Waals surface area contributed by atoms with Crippen molar-refractivity contribution in [3.8, 4) is 0 Å². The fourth-order valence-corrected chi connectivity index (χ4v) is 6.15. The molecule has 6 nitrogen and oxygen atoms in total. The molecule has 1 atom stereocenters. The maximum absolute atomic E-state index is 10.2. The van der Waals surface area contributed by atoms with Crippen LogP contribution in [0, 0.1) is 5.41 Å². The van der Waals surface area contributed by atoms with Crippen molar-refractivity contribution < 1.29 is 5.11 Å². The largest absolute Gasteiger partial charge is 0.390 e. The number of aliphatic hydroxyl groups is 1.